The zero-order chi connectivity index (χ0) is 14.8. The number of hydrogen-bond donors (Lipinski definition) is 2. The maximum atomic E-state index is 12.5. The Morgan fingerprint density at radius 3 is 2.60 bits per heavy atom. The zero-order valence-corrected chi connectivity index (χ0v) is 11.7. The van der Waals surface area contributed by atoms with Crippen LogP contribution in [0.3, 0.4) is 0 Å². The van der Waals surface area contributed by atoms with Crippen LogP contribution in [0.2, 0.25) is 0 Å². The second kappa shape index (κ2) is 5.68. The summed E-state index contributed by atoms with van der Waals surface area (Å²) in [5, 5.41) is 2.67. The molecule has 2 nitrogen and oxygen atoms in total. The third kappa shape index (κ3) is 3.91. The molecule has 0 spiro atoms. The predicted octanol–water partition coefficient (Wildman–Crippen LogP) is 3.42. The van der Waals surface area contributed by atoms with Gasteiger partial charge in [0.1, 0.15) is 0 Å². The lowest BCUT2D eigenvalue weighted by molar-refractivity contribution is -0.137. The summed E-state index contributed by atoms with van der Waals surface area (Å²) in [5.74, 6) is 0.540. The van der Waals surface area contributed by atoms with Gasteiger partial charge in [0.25, 0.3) is 0 Å². The van der Waals surface area contributed by atoms with Crippen molar-refractivity contribution in [1.82, 2.24) is 5.32 Å². The highest BCUT2D eigenvalue weighted by molar-refractivity contribution is 7.80. The minimum absolute atomic E-state index is 0.0149. The van der Waals surface area contributed by atoms with Crippen molar-refractivity contribution in [3.05, 3.63) is 35.4 Å². The van der Waals surface area contributed by atoms with Gasteiger partial charge in [0.2, 0.25) is 5.91 Å². The number of benzene rings is 1. The molecule has 0 aromatic heterocycles. The van der Waals surface area contributed by atoms with E-state index < -0.39 is 11.7 Å². The molecule has 0 bridgehead atoms. The third-order valence-electron chi connectivity index (χ3n) is 3.57. The second-order valence-corrected chi connectivity index (χ2v) is 5.63. The largest absolute Gasteiger partial charge is 0.416 e. The number of hydrogen-bond acceptors (Lipinski definition) is 2. The summed E-state index contributed by atoms with van der Waals surface area (Å²) >= 11 is 4.22. The van der Waals surface area contributed by atoms with E-state index in [0.717, 1.165) is 25.0 Å². The van der Waals surface area contributed by atoms with Crippen LogP contribution in [0.15, 0.2) is 24.3 Å². The molecule has 1 aliphatic carbocycles. The van der Waals surface area contributed by atoms with E-state index >= 15 is 0 Å². The second-order valence-electron chi connectivity index (χ2n) is 5.31. The molecule has 0 unspecified atom stereocenters. The highest BCUT2D eigenvalue weighted by Gasteiger charge is 2.42. The van der Waals surface area contributed by atoms with Crippen molar-refractivity contribution in [2.24, 2.45) is 5.41 Å². The van der Waals surface area contributed by atoms with Gasteiger partial charge in [0, 0.05) is 13.0 Å². The molecule has 2 rings (SSSR count). The molecule has 0 atom stereocenters. The summed E-state index contributed by atoms with van der Waals surface area (Å²) in [6.07, 6.45) is -1.97. The Hall–Kier alpha value is -1.17. The van der Waals surface area contributed by atoms with Crippen LogP contribution >= 0.6 is 12.6 Å². The number of rotatable bonds is 5. The van der Waals surface area contributed by atoms with Gasteiger partial charge >= 0.3 is 6.18 Å². The molecule has 1 amide bonds. The van der Waals surface area contributed by atoms with Crippen molar-refractivity contribution in [1.29, 1.82) is 0 Å². The maximum absolute atomic E-state index is 12.5. The molecule has 0 radical (unpaired) electrons. The number of amides is 1. The molecule has 0 saturated heterocycles. The van der Waals surface area contributed by atoms with Crippen molar-refractivity contribution in [3.63, 3.8) is 0 Å². The molecule has 0 aliphatic heterocycles. The topological polar surface area (TPSA) is 29.1 Å². The molecular weight excluding hydrogens is 287 g/mol. The lowest BCUT2D eigenvalue weighted by Gasteiger charge is -2.12. The monoisotopic (exact) mass is 303 g/mol. The Labute approximate surface area is 121 Å². The van der Waals surface area contributed by atoms with E-state index in [-0.39, 0.29) is 17.9 Å². The standard InChI is InChI=1S/C14H16F3NOS/c15-14(16,17)11-3-1-2-10(6-11)8-18-12(19)7-13(9-20)4-5-13/h1-3,6,20H,4-5,7-9H2,(H,18,19). The molecule has 0 heterocycles. The number of carbonyl (C=O) groups is 1. The van der Waals surface area contributed by atoms with Gasteiger partial charge in [-0.2, -0.15) is 25.8 Å². The molecule has 1 aromatic carbocycles. The maximum Gasteiger partial charge on any atom is 0.416 e. The van der Waals surface area contributed by atoms with Crippen molar-refractivity contribution in [3.8, 4) is 0 Å². The van der Waals surface area contributed by atoms with E-state index in [1.807, 2.05) is 0 Å². The zero-order valence-electron chi connectivity index (χ0n) is 10.8. The molecular formula is C14H16F3NOS. The van der Waals surface area contributed by atoms with Crippen LogP contribution < -0.4 is 5.32 Å². The van der Waals surface area contributed by atoms with E-state index in [1.165, 1.54) is 6.07 Å². The molecule has 1 saturated carbocycles. The Morgan fingerprint density at radius 2 is 2.05 bits per heavy atom. The smallest absolute Gasteiger partial charge is 0.352 e. The fourth-order valence-corrected chi connectivity index (χ4v) is 2.46. The summed E-state index contributed by atoms with van der Waals surface area (Å²) in [6, 6.07) is 5.00. The van der Waals surface area contributed by atoms with Crippen molar-refractivity contribution < 1.29 is 18.0 Å². The molecule has 1 N–H and O–H groups in total. The number of thiol groups is 1. The fraction of sp³-hybridized carbons (Fsp3) is 0.500. The Bertz CT molecular complexity index is 497. The van der Waals surface area contributed by atoms with Crippen molar-refractivity contribution in [2.45, 2.75) is 32.0 Å². The summed E-state index contributed by atoms with van der Waals surface area (Å²) < 4.78 is 37.6. The fourth-order valence-electron chi connectivity index (χ4n) is 2.03. The van der Waals surface area contributed by atoms with Crippen LogP contribution in [0.5, 0.6) is 0 Å². The van der Waals surface area contributed by atoms with Gasteiger partial charge in [-0.15, -0.1) is 0 Å². The molecule has 110 valence electrons. The SMILES string of the molecule is O=C(CC1(CS)CC1)NCc1cccc(C(F)(F)F)c1. The lowest BCUT2D eigenvalue weighted by Crippen LogP contribution is -2.26. The van der Waals surface area contributed by atoms with E-state index in [0.29, 0.717) is 17.7 Å². The van der Waals surface area contributed by atoms with Crippen LogP contribution in [0.1, 0.15) is 30.4 Å². The Kier molecular flexibility index (Phi) is 4.32. The molecule has 1 fully saturated rings. The third-order valence-corrected chi connectivity index (χ3v) is 4.24. The first-order valence-electron chi connectivity index (χ1n) is 6.38. The predicted molar refractivity (Wildman–Crippen MR) is 73.4 cm³/mol. The van der Waals surface area contributed by atoms with Crippen LogP contribution in [0.25, 0.3) is 0 Å². The van der Waals surface area contributed by atoms with Gasteiger partial charge in [0.15, 0.2) is 0 Å². The van der Waals surface area contributed by atoms with E-state index in [9.17, 15) is 18.0 Å². The average molecular weight is 303 g/mol. The van der Waals surface area contributed by atoms with Crippen molar-refractivity contribution >= 4 is 18.5 Å². The highest BCUT2D eigenvalue weighted by Crippen LogP contribution is 2.49. The summed E-state index contributed by atoms with van der Waals surface area (Å²) in [5.41, 5.74) is -0.233. The number of halogens is 3. The molecule has 1 aliphatic rings. The van der Waals surface area contributed by atoms with Gasteiger partial charge in [-0.3, -0.25) is 4.79 Å². The normalized spacial score (nSPS) is 16.8. The lowest BCUT2D eigenvalue weighted by atomic mass is 10.0. The minimum Gasteiger partial charge on any atom is -0.352 e. The molecule has 20 heavy (non-hydrogen) atoms. The molecule has 1 aromatic rings. The minimum atomic E-state index is -4.36. The number of carbonyl (C=O) groups excluding carboxylic acids is 1. The van der Waals surface area contributed by atoms with Crippen LogP contribution in [-0.2, 0) is 17.5 Å². The summed E-state index contributed by atoms with van der Waals surface area (Å²) in [4.78, 5) is 11.7. The quantitative estimate of drug-likeness (QED) is 0.802. The van der Waals surface area contributed by atoms with Crippen LogP contribution in [0, 0.1) is 5.41 Å². The summed E-state index contributed by atoms with van der Waals surface area (Å²) in [7, 11) is 0. The van der Waals surface area contributed by atoms with Gasteiger partial charge in [-0.25, -0.2) is 0 Å². The van der Waals surface area contributed by atoms with E-state index in [2.05, 4.69) is 17.9 Å². The van der Waals surface area contributed by atoms with Crippen LogP contribution in [-0.4, -0.2) is 11.7 Å². The van der Waals surface area contributed by atoms with Gasteiger partial charge < -0.3 is 5.32 Å². The summed E-state index contributed by atoms with van der Waals surface area (Å²) in [6.45, 7) is 0.116. The average Bonchev–Trinajstić information content (AvgIpc) is 3.16. The number of alkyl halides is 3. The van der Waals surface area contributed by atoms with E-state index in [4.69, 9.17) is 0 Å². The highest BCUT2D eigenvalue weighted by atomic mass is 32.1. The first-order chi connectivity index (χ1) is 9.35. The Morgan fingerprint density at radius 1 is 1.35 bits per heavy atom. The van der Waals surface area contributed by atoms with Crippen LogP contribution in [0.4, 0.5) is 13.2 Å². The van der Waals surface area contributed by atoms with Gasteiger partial charge in [0.05, 0.1) is 5.56 Å². The Balaban J connectivity index is 1.89. The van der Waals surface area contributed by atoms with Gasteiger partial charge in [-0.1, -0.05) is 12.1 Å². The first-order valence-corrected chi connectivity index (χ1v) is 7.02. The number of nitrogens with one attached hydrogen (secondary N) is 1. The van der Waals surface area contributed by atoms with Gasteiger partial charge in [-0.05, 0) is 41.7 Å². The van der Waals surface area contributed by atoms with E-state index in [1.54, 1.807) is 6.07 Å². The van der Waals surface area contributed by atoms with Crippen molar-refractivity contribution in [2.75, 3.05) is 5.75 Å². The molecule has 6 heteroatoms. The first kappa shape index (κ1) is 15.2.